The number of halogens is 3. The molecule has 262 valence electrons. The van der Waals surface area contributed by atoms with Crippen molar-refractivity contribution in [3.63, 3.8) is 0 Å². The van der Waals surface area contributed by atoms with E-state index in [-0.39, 0.29) is 36.9 Å². The van der Waals surface area contributed by atoms with Gasteiger partial charge in [0.2, 0.25) is 29.5 Å². The molecule has 48 heavy (non-hydrogen) atoms. The number of hydrogen-bond donors (Lipinski definition) is 4. The third kappa shape index (κ3) is 9.54. The van der Waals surface area contributed by atoms with Gasteiger partial charge in [-0.3, -0.25) is 28.8 Å². The Hall–Kier alpha value is -4.96. The van der Waals surface area contributed by atoms with E-state index in [4.69, 9.17) is 4.42 Å². The molecule has 3 rings (SSSR count). The highest BCUT2D eigenvalue weighted by Gasteiger charge is 2.39. The Morgan fingerprint density at radius 3 is 2.27 bits per heavy atom. The number of amides is 5. The standard InChI is InChI=1S/C31H38F3N5O9/c1-15(2)26(29(45)37-18-8-9-19-20(31(32,33)34)14-25(42)48-22(19)13-18)38-28(44)21-7-6-12-39(21)30(46)17(4)36-27(43)16(3)35-23(40)10-11-24(41)47-5/h8-9,13-17,21,26H,6-7,10-12H2,1-5H3,(H,35,40)(H,36,43)(H,37,45)(H,38,44)/t16-,17-,21-,26-/m0/s1. The van der Waals surface area contributed by atoms with Crippen LogP contribution < -0.4 is 26.9 Å². The van der Waals surface area contributed by atoms with Crippen molar-refractivity contribution in [2.75, 3.05) is 19.0 Å². The van der Waals surface area contributed by atoms with E-state index in [1.165, 1.54) is 31.9 Å². The quantitative estimate of drug-likeness (QED) is 0.191. The van der Waals surface area contributed by atoms with Crippen LogP contribution >= 0.6 is 0 Å². The Kier molecular flexibility index (Phi) is 12.3. The molecule has 14 nitrogen and oxygen atoms in total. The van der Waals surface area contributed by atoms with Crippen molar-refractivity contribution in [3.05, 3.63) is 40.2 Å². The number of nitrogens with zero attached hydrogens (tertiary/aromatic N) is 1. The summed E-state index contributed by atoms with van der Waals surface area (Å²) in [6.07, 6.45) is -4.42. The summed E-state index contributed by atoms with van der Waals surface area (Å²) >= 11 is 0. The van der Waals surface area contributed by atoms with Crippen LogP contribution in [0.25, 0.3) is 11.0 Å². The molecule has 1 aromatic carbocycles. The van der Waals surface area contributed by atoms with Crippen molar-refractivity contribution in [2.45, 2.75) is 83.7 Å². The van der Waals surface area contributed by atoms with Crippen molar-refractivity contribution in [1.29, 1.82) is 0 Å². The molecule has 0 bridgehead atoms. The number of rotatable bonds is 12. The zero-order chi connectivity index (χ0) is 35.9. The molecule has 5 amide bonds. The maximum Gasteiger partial charge on any atom is 0.417 e. The predicted octanol–water partition coefficient (Wildman–Crippen LogP) is 1.84. The highest BCUT2D eigenvalue weighted by Crippen LogP contribution is 2.34. The third-order valence-electron chi connectivity index (χ3n) is 7.69. The zero-order valence-corrected chi connectivity index (χ0v) is 27.0. The number of carbonyl (C=O) groups excluding carboxylic acids is 6. The molecule has 2 aromatic rings. The highest BCUT2D eigenvalue weighted by atomic mass is 19.4. The van der Waals surface area contributed by atoms with Crippen LogP contribution in [0, 0.1) is 5.92 Å². The minimum absolute atomic E-state index is 0.0194. The maximum atomic E-state index is 13.4. The minimum atomic E-state index is -4.81. The smallest absolute Gasteiger partial charge is 0.417 e. The third-order valence-corrected chi connectivity index (χ3v) is 7.69. The number of alkyl halides is 3. The van der Waals surface area contributed by atoms with Crippen LogP contribution in [0.1, 0.15) is 58.9 Å². The Bertz CT molecular complexity index is 1620. The summed E-state index contributed by atoms with van der Waals surface area (Å²) in [5.41, 5.74) is -2.78. The number of ether oxygens (including phenoxy) is 1. The number of fused-ring (bicyclic) bond motifs is 1. The van der Waals surface area contributed by atoms with Crippen LogP contribution in [-0.2, 0) is 39.7 Å². The Balaban J connectivity index is 1.64. The zero-order valence-electron chi connectivity index (χ0n) is 27.0. The first-order chi connectivity index (χ1) is 22.4. The Morgan fingerprint density at radius 2 is 1.65 bits per heavy atom. The molecule has 0 radical (unpaired) electrons. The molecule has 0 unspecified atom stereocenters. The minimum Gasteiger partial charge on any atom is -0.469 e. The summed E-state index contributed by atoms with van der Waals surface area (Å²) in [7, 11) is 1.18. The van der Waals surface area contributed by atoms with E-state index in [2.05, 4.69) is 26.0 Å². The number of nitrogens with one attached hydrogen (secondary N) is 4. The molecule has 4 N–H and O–H groups in total. The first kappa shape index (κ1) is 37.5. The fraction of sp³-hybridized carbons (Fsp3) is 0.516. The molecule has 17 heteroatoms. The van der Waals surface area contributed by atoms with E-state index in [1.54, 1.807) is 13.8 Å². The second kappa shape index (κ2) is 15.8. The first-order valence-electron chi connectivity index (χ1n) is 15.2. The Morgan fingerprint density at radius 1 is 0.958 bits per heavy atom. The lowest BCUT2D eigenvalue weighted by molar-refractivity contribution is -0.142. The number of anilines is 1. The predicted molar refractivity (Wildman–Crippen MR) is 164 cm³/mol. The monoisotopic (exact) mass is 681 g/mol. The largest absolute Gasteiger partial charge is 0.469 e. The topological polar surface area (TPSA) is 193 Å². The lowest BCUT2D eigenvalue weighted by Crippen LogP contribution is -2.57. The van der Waals surface area contributed by atoms with Gasteiger partial charge in [0, 0.05) is 36.2 Å². The number of hydrogen-bond acceptors (Lipinski definition) is 9. The molecule has 1 saturated heterocycles. The lowest BCUT2D eigenvalue weighted by Gasteiger charge is -2.30. The van der Waals surface area contributed by atoms with E-state index in [1.807, 2.05) is 0 Å². The molecule has 4 atom stereocenters. The first-order valence-corrected chi connectivity index (χ1v) is 15.2. The molecule has 1 fully saturated rings. The summed E-state index contributed by atoms with van der Waals surface area (Å²) in [6.45, 7) is 6.35. The SMILES string of the molecule is COC(=O)CCC(=O)N[C@@H](C)C(=O)N[C@@H](C)C(=O)N1CCC[C@H]1C(=O)N[C@H](C(=O)Nc1ccc2c(C(F)(F)F)cc(=O)oc2c1)C(C)C. The molecule has 1 aliphatic rings. The Labute approximate surface area is 273 Å². The second-order valence-electron chi connectivity index (χ2n) is 11.7. The van der Waals surface area contributed by atoms with Gasteiger partial charge in [-0.2, -0.15) is 13.2 Å². The van der Waals surface area contributed by atoms with Gasteiger partial charge in [0.1, 0.15) is 29.8 Å². The van der Waals surface area contributed by atoms with Crippen LogP contribution in [0.2, 0.25) is 0 Å². The van der Waals surface area contributed by atoms with Crippen LogP contribution in [0.5, 0.6) is 0 Å². The molecule has 0 aliphatic carbocycles. The van der Waals surface area contributed by atoms with Crippen LogP contribution in [-0.4, -0.2) is 78.2 Å². The van der Waals surface area contributed by atoms with Gasteiger partial charge in [0.25, 0.3) is 0 Å². The van der Waals surface area contributed by atoms with Crippen molar-refractivity contribution in [1.82, 2.24) is 20.9 Å². The van der Waals surface area contributed by atoms with Crippen molar-refractivity contribution < 1.29 is 51.1 Å². The number of esters is 1. The average molecular weight is 682 g/mol. The molecular weight excluding hydrogens is 643 g/mol. The van der Waals surface area contributed by atoms with E-state index in [9.17, 15) is 46.7 Å². The maximum absolute atomic E-state index is 13.4. The molecule has 0 spiro atoms. The summed E-state index contributed by atoms with van der Waals surface area (Å²) in [5, 5.41) is 9.73. The number of benzene rings is 1. The van der Waals surface area contributed by atoms with Gasteiger partial charge in [0.15, 0.2) is 0 Å². The summed E-state index contributed by atoms with van der Waals surface area (Å²) in [6, 6.07) is -0.511. The molecule has 1 aliphatic heterocycles. The molecule has 1 aromatic heterocycles. The number of carbonyl (C=O) groups is 6. The van der Waals surface area contributed by atoms with Gasteiger partial charge in [-0.1, -0.05) is 13.8 Å². The van der Waals surface area contributed by atoms with Gasteiger partial charge in [-0.15, -0.1) is 0 Å². The van der Waals surface area contributed by atoms with Gasteiger partial charge in [-0.25, -0.2) is 4.79 Å². The molecule has 0 saturated carbocycles. The summed E-state index contributed by atoms with van der Waals surface area (Å²) in [4.78, 5) is 88.8. The van der Waals surface area contributed by atoms with Crippen LogP contribution in [0.4, 0.5) is 18.9 Å². The second-order valence-corrected chi connectivity index (χ2v) is 11.7. The van der Waals surface area contributed by atoms with E-state index >= 15 is 0 Å². The fourth-order valence-corrected chi connectivity index (χ4v) is 5.13. The van der Waals surface area contributed by atoms with Crippen molar-refractivity contribution in [3.8, 4) is 0 Å². The van der Waals surface area contributed by atoms with Crippen LogP contribution in [0.15, 0.2) is 33.5 Å². The average Bonchev–Trinajstić information content (AvgIpc) is 3.50. The normalized spacial score (nSPS) is 16.5. The van der Waals surface area contributed by atoms with E-state index in [0.717, 1.165) is 12.1 Å². The van der Waals surface area contributed by atoms with Crippen molar-refractivity contribution >= 4 is 52.2 Å². The fourth-order valence-electron chi connectivity index (χ4n) is 5.13. The van der Waals surface area contributed by atoms with E-state index in [0.29, 0.717) is 12.5 Å². The van der Waals surface area contributed by atoms with Crippen molar-refractivity contribution in [2.24, 2.45) is 5.92 Å². The van der Waals surface area contributed by atoms with Gasteiger partial charge in [-0.05, 0) is 44.7 Å². The van der Waals surface area contributed by atoms with Gasteiger partial charge < -0.3 is 35.3 Å². The number of methoxy groups -OCH3 is 1. The summed E-state index contributed by atoms with van der Waals surface area (Å²) in [5.74, 6) is -4.17. The lowest BCUT2D eigenvalue weighted by atomic mass is 10.0. The van der Waals surface area contributed by atoms with Gasteiger partial charge >= 0.3 is 17.8 Å². The highest BCUT2D eigenvalue weighted by molar-refractivity contribution is 6.00. The number of likely N-dealkylation sites (tertiary alicyclic amines) is 1. The van der Waals surface area contributed by atoms with Gasteiger partial charge in [0.05, 0.1) is 19.1 Å². The molecule has 2 heterocycles. The van der Waals surface area contributed by atoms with E-state index < -0.39 is 88.5 Å². The summed E-state index contributed by atoms with van der Waals surface area (Å²) < 4.78 is 49.6. The van der Waals surface area contributed by atoms with Crippen LogP contribution in [0.3, 0.4) is 0 Å². The molecular formula is C31H38F3N5O9.